The first-order chi connectivity index (χ1) is 21.0. The summed E-state index contributed by atoms with van der Waals surface area (Å²) < 4.78 is 5.63. The molecule has 3 aliphatic carbocycles. The Balaban J connectivity index is 1.00. The van der Waals surface area contributed by atoms with E-state index in [2.05, 4.69) is 24.3 Å². The number of hydrogen-bond acceptors (Lipinski definition) is 5. The molecule has 0 aromatic heterocycles. The normalized spacial score (nSPS) is 25.0. The van der Waals surface area contributed by atoms with Gasteiger partial charge in [0.15, 0.2) is 0 Å². The van der Waals surface area contributed by atoms with Gasteiger partial charge in [-0.3, -0.25) is 19.2 Å². The molecule has 212 valence electrons. The van der Waals surface area contributed by atoms with Crippen LogP contribution in [0.25, 0.3) is 0 Å². The number of amides is 3. The van der Waals surface area contributed by atoms with Crippen molar-refractivity contribution in [3.05, 3.63) is 131 Å². The predicted octanol–water partition coefficient (Wildman–Crippen LogP) is 5.04. The van der Waals surface area contributed by atoms with Gasteiger partial charge in [0.05, 0.1) is 23.4 Å². The van der Waals surface area contributed by atoms with Gasteiger partial charge in [-0.15, -0.1) is 0 Å². The van der Waals surface area contributed by atoms with Gasteiger partial charge in [-0.2, -0.15) is 0 Å². The highest BCUT2D eigenvalue weighted by molar-refractivity contribution is 6.23. The Hall–Kier alpha value is -5.04. The standard InChI is InChI=1S/C36H28N2O5/c39-29-18-22(20-37(29)19-21-8-2-1-3-9-21)36(42)43-24-16-14-23(15-17-24)38-34(40)32-30-25-10-4-5-11-26(25)31(33(32)35(38)41)28-13-7-6-12-27(28)30/h1-17,22,30-33H,18-20H2/t22-,30?,31?,32-,33-/m1/s1. The van der Waals surface area contributed by atoms with Crippen molar-refractivity contribution in [2.24, 2.45) is 17.8 Å². The van der Waals surface area contributed by atoms with Gasteiger partial charge in [-0.1, -0.05) is 78.9 Å². The molecule has 2 saturated heterocycles. The van der Waals surface area contributed by atoms with Gasteiger partial charge in [-0.25, -0.2) is 4.90 Å². The fourth-order valence-corrected chi connectivity index (χ4v) is 7.68. The maximum Gasteiger partial charge on any atom is 0.316 e. The molecule has 9 rings (SSSR count). The average Bonchev–Trinajstić information content (AvgIpc) is 3.54. The molecule has 0 N–H and O–H groups in total. The van der Waals surface area contributed by atoms with Crippen molar-refractivity contribution in [2.75, 3.05) is 11.4 Å². The molecule has 5 aliphatic rings. The van der Waals surface area contributed by atoms with Crippen LogP contribution in [-0.4, -0.2) is 35.1 Å². The lowest BCUT2D eigenvalue weighted by Gasteiger charge is -2.45. The number of anilines is 1. The minimum absolute atomic E-state index is 0.0769. The Morgan fingerprint density at radius 1 is 0.674 bits per heavy atom. The van der Waals surface area contributed by atoms with Gasteiger partial charge < -0.3 is 9.64 Å². The maximum atomic E-state index is 14.0. The van der Waals surface area contributed by atoms with E-state index >= 15 is 0 Å². The zero-order chi connectivity index (χ0) is 29.2. The topological polar surface area (TPSA) is 84.0 Å². The summed E-state index contributed by atoms with van der Waals surface area (Å²) in [6.45, 7) is 0.757. The van der Waals surface area contributed by atoms with Crippen molar-refractivity contribution in [3.8, 4) is 5.75 Å². The molecule has 3 atom stereocenters. The zero-order valence-electron chi connectivity index (χ0n) is 23.3. The molecule has 2 aliphatic heterocycles. The maximum absolute atomic E-state index is 14.0. The minimum Gasteiger partial charge on any atom is -0.426 e. The molecule has 3 amide bonds. The number of benzene rings is 4. The fourth-order valence-electron chi connectivity index (χ4n) is 7.68. The number of carbonyl (C=O) groups excluding carboxylic acids is 4. The summed E-state index contributed by atoms with van der Waals surface area (Å²) in [4.78, 5) is 56.4. The van der Waals surface area contributed by atoms with Crippen molar-refractivity contribution in [2.45, 2.75) is 24.8 Å². The molecular formula is C36H28N2O5. The Morgan fingerprint density at radius 2 is 1.19 bits per heavy atom. The number of carbonyl (C=O) groups is 4. The number of hydrogen-bond donors (Lipinski definition) is 0. The number of rotatable bonds is 5. The second-order valence-corrected chi connectivity index (χ2v) is 11.9. The van der Waals surface area contributed by atoms with Crippen LogP contribution in [-0.2, 0) is 25.7 Å². The van der Waals surface area contributed by atoms with E-state index < -0.39 is 23.7 Å². The molecule has 2 fully saturated rings. The minimum atomic E-state index is -0.556. The number of imide groups is 1. The molecule has 4 aromatic rings. The largest absolute Gasteiger partial charge is 0.426 e. The van der Waals surface area contributed by atoms with Crippen molar-refractivity contribution >= 4 is 29.4 Å². The Bertz CT molecular complexity index is 1680. The van der Waals surface area contributed by atoms with Gasteiger partial charge in [0.1, 0.15) is 5.75 Å². The van der Waals surface area contributed by atoms with Gasteiger partial charge in [-0.05, 0) is 52.1 Å². The van der Waals surface area contributed by atoms with Crippen LogP contribution in [0, 0.1) is 17.8 Å². The molecule has 2 heterocycles. The molecule has 0 spiro atoms. The van der Waals surface area contributed by atoms with E-state index in [1.54, 1.807) is 29.2 Å². The number of esters is 1. The Labute approximate surface area is 248 Å². The van der Waals surface area contributed by atoms with Gasteiger partial charge >= 0.3 is 5.97 Å². The van der Waals surface area contributed by atoms with Crippen LogP contribution in [0.3, 0.4) is 0 Å². The second kappa shape index (κ2) is 9.76. The summed E-state index contributed by atoms with van der Waals surface area (Å²) in [6.07, 6.45) is 0.108. The van der Waals surface area contributed by atoms with E-state index in [4.69, 9.17) is 4.74 Å². The summed E-state index contributed by atoms with van der Waals surface area (Å²) in [5, 5.41) is 0. The van der Waals surface area contributed by atoms with Crippen LogP contribution >= 0.6 is 0 Å². The highest BCUT2D eigenvalue weighted by atomic mass is 16.5. The molecule has 43 heavy (non-hydrogen) atoms. The first kappa shape index (κ1) is 25.7. The summed E-state index contributed by atoms with van der Waals surface area (Å²) in [5.41, 5.74) is 5.99. The lowest BCUT2D eigenvalue weighted by Crippen LogP contribution is -2.41. The zero-order valence-corrected chi connectivity index (χ0v) is 23.3. The summed E-state index contributed by atoms with van der Waals surface area (Å²) in [7, 11) is 0. The van der Waals surface area contributed by atoms with Crippen LogP contribution < -0.4 is 9.64 Å². The van der Waals surface area contributed by atoms with Crippen molar-refractivity contribution < 1.29 is 23.9 Å². The van der Waals surface area contributed by atoms with Crippen molar-refractivity contribution in [3.63, 3.8) is 0 Å². The molecule has 0 radical (unpaired) electrons. The Kier molecular flexibility index (Phi) is 5.83. The third kappa shape index (κ3) is 3.95. The first-order valence-electron chi connectivity index (χ1n) is 14.7. The van der Waals surface area contributed by atoms with E-state index in [1.807, 2.05) is 54.6 Å². The summed E-state index contributed by atoms with van der Waals surface area (Å²) in [5.74, 6) is -2.44. The van der Waals surface area contributed by atoms with E-state index in [1.165, 1.54) is 4.90 Å². The SMILES string of the molecule is O=C(Oc1ccc(N2C(=O)[C@@H]3C4c5ccccc5C(c5ccccc54)[C@H]3C2=O)cc1)[C@@H]1CC(=O)N(Cc2ccccc2)C1. The molecule has 7 heteroatoms. The number of likely N-dealkylation sites (tertiary alicyclic amines) is 1. The van der Waals surface area contributed by atoms with Gasteiger partial charge in [0.2, 0.25) is 17.7 Å². The van der Waals surface area contributed by atoms with E-state index in [9.17, 15) is 19.2 Å². The molecule has 4 aromatic carbocycles. The van der Waals surface area contributed by atoms with E-state index in [0.29, 0.717) is 24.5 Å². The van der Waals surface area contributed by atoms with Crippen LogP contribution in [0.4, 0.5) is 5.69 Å². The third-order valence-electron chi connectivity index (χ3n) is 9.53. The van der Waals surface area contributed by atoms with E-state index in [0.717, 1.165) is 27.8 Å². The van der Waals surface area contributed by atoms with Gasteiger partial charge in [0.25, 0.3) is 0 Å². The van der Waals surface area contributed by atoms with Crippen LogP contribution in [0.1, 0.15) is 46.1 Å². The summed E-state index contributed by atoms with van der Waals surface area (Å²) >= 11 is 0. The van der Waals surface area contributed by atoms with Crippen LogP contribution in [0.2, 0.25) is 0 Å². The molecule has 0 unspecified atom stereocenters. The number of ether oxygens (including phenoxy) is 1. The average molecular weight is 569 g/mol. The van der Waals surface area contributed by atoms with Crippen molar-refractivity contribution in [1.82, 2.24) is 4.90 Å². The van der Waals surface area contributed by atoms with Crippen LogP contribution in [0.15, 0.2) is 103 Å². The Morgan fingerprint density at radius 3 is 1.72 bits per heavy atom. The van der Waals surface area contributed by atoms with E-state index in [-0.39, 0.29) is 36.0 Å². The second-order valence-electron chi connectivity index (χ2n) is 11.9. The van der Waals surface area contributed by atoms with Crippen LogP contribution in [0.5, 0.6) is 5.75 Å². The summed E-state index contributed by atoms with van der Waals surface area (Å²) in [6, 6.07) is 32.5. The smallest absolute Gasteiger partial charge is 0.316 e. The predicted molar refractivity (Wildman–Crippen MR) is 158 cm³/mol. The quantitative estimate of drug-likeness (QED) is 0.191. The monoisotopic (exact) mass is 568 g/mol. The molecule has 0 saturated carbocycles. The molecule has 2 bridgehead atoms. The third-order valence-corrected chi connectivity index (χ3v) is 9.53. The molecule has 7 nitrogen and oxygen atoms in total. The fraction of sp³-hybridized carbons (Fsp3) is 0.222. The highest BCUT2D eigenvalue weighted by Gasteiger charge is 2.61. The number of nitrogens with zero attached hydrogens (tertiary/aromatic N) is 2. The molecular weight excluding hydrogens is 540 g/mol. The highest BCUT2D eigenvalue weighted by Crippen LogP contribution is 2.61. The van der Waals surface area contributed by atoms with Gasteiger partial charge in [0, 0.05) is 31.3 Å². The van der Waals surface area contributed by atoms with Crippen molar-refractivity contribution in [1.29, 1.82) is 0 Å². The lowest BCUT2D eigenvalue weighted by atomic mass is 9.55. The lowest BCUT2D eigenvalue weighted by molar-refractivity contribution is -0.139. The first-order valence-corrected chi connectivity index (χ1v) is 14.7.